The van der Waals surface area contributed by atoms with Gasteiger partial charge in [-0.1, -0.05) is 0 Å². The molecule has 1 aromatic rings. The van der Waals surface area contributed by atoms with Gasteiger partial charge in [0.05, 0.1) is 12.2 Å². The first-order valence-electron chi connectivity index (χ1n) is 6.38. The van der Waals surface area contributed by atoms with Gasteiger partial charge < -0.3 is 15.4 Å². The zero-order chi connectivity index (χ0) is 15.3. The molecule has 0 saturated carbocycles. The quantitative estimate of drug-likeness (QED) is 0.660. The Bertz CT molecular complexity index is 503. The number of nitrogens with zero attached hydrogens (tertiary/aromatic N) is 1. The average molecular weight is 282 g/mol. The predicted molar refractivity (Wildman–Crippen MR) is 73.6 cm³/mol. The second-order valence-corrected chi connectivity index (χ2v) is 4.57. The minimum atomic E-state index is -0.668. The lowest BCUT2D eigenvalue weighted by atomic mass is 10.1. The molecule has 1 aromatic carbocycles. The van der Waals surface area contributed by atoms with Crippen LogP contribution in [0.5, 0.6) is 0 Å². The first-order chi connectivity index (χ1) is 9.36. The topological polar surface area (TPSA) is 72.6 Å². The summed E-state index contributed by atoms with van der Waals surface area (Å²) in [4.78, 5) is 25.1. The van der Waals surface area contributed by atoms with Gasteiger partial charge in [-0.3, -0.25) is 9.59 Å². The molecular formula is C14H19FN2O3. The molecule has 0 aliphatic heterocycles. The van der Waals surface area contributed by atoms with E-state index in [1.54, 1.807) is 20.8 Å². The average Bonchev–Trinajstić information content (AvgIpc) is 2.38. The van der Waals surface area contributed by atoms with Crippen LogP contribution >= 0.6 is 0 Å². The standard InChI is InChI=1S/C14H19FN2O3/c1-4-20-13(18)8-17(9(2)3)14(19)11-7-10(16)5-6-12(11)15/h5-7,9H,4,8,16H2,1-3H3. The summed E-state index contributed by atoms with van der Waals surface area (Å²) < 4.78 is 18.5. The number of nitrogens with two attached hydrogens (primary N) is 1. The third-order valence-corrected chi connectivity index (χ3v) is 2.71. The molecule has 1 rings (SSSR count). The maximum absolute atomic E-state index is 13.7. The fourth-order valence-corrected chi connectivity index (χ4v) is 1.70. The Morgan fingerprint density at radius 2 is 2.05 bits per heavy atom. The number of ether oxygens (including phenoxy) is 1. The highest BCUT2D eigenvalue weighted by Gasteiger charge is 2.24. The number of carbonyl (C=O) groups excluding carboxylic acids is 2. The highest BCUT2D eigenvalue weighted by molar-refractivity contribution is 5.97. The normalized spacial score (nSPS) is 10.4. The van der Waals surface area contributed by atoms with Crippen LogP contribution in [-0.2, 0) is 9.53 Å². The van der Waals surface area contributed by atoms with Crippen LogP contribution in [0, 0.1) is 5.82 Å². The first-order valence-corrected chi connectivity index (χ1v) is 6.38. The predicted octanol–water partition coefficient (Wildman–Crippen LogP) is 1.82. The summed E-state index contributed by atoms with van der Waals surface area (Å²) in [7, 11) is 0. The van der Waals surface area contributed by atoms with Crippen molar-refractivity contribution in [2.45, 2.75) is 26.8 Å². The number of halogens is 1. The SMILES string of the molecule is CCOC(=O)CN(C(=O)c1cc(N)ccc1F)C(C)C. The highest BCUT2D eigenvalue weighted by Crippen LogP contribution is 2.16. The van der Waals surface area contributed by atoms with E-state index in [1.165, 1.54) is 17.0 Å². The second-order valence-electron chi connectivity index (χ2n) is 4.57. The van der Waals surface area contributed by atoms with Gasteiger partial charge in [-0.25, -0.2) is 4.39 Å². The van der Waals surface area contributed by atoms with Crippen molar-refractivity contribution in [1.82, 2.24) is 4.90 Å². The Labute approximate surface area is 117 Å². The van der Waals surface area contributed by atoms with E-state index in [0.717, 1.165) is 6.07 Å². The number of amides is 1. The highest BCUT2D eigenvalue weighted by atomic mass is 19.1. The van der Waals surface area contributed by atoms with E-state index in [2.05, 4.69) is 0 Å². The van der Waals surface area contributed by atoms with E-state index >= 15 is 0 Å². The monoisotopic (exact) mass is 282 g/mol. The number of carbonyl (C=O) groups is 2. The van der Waals surface area contributed by atoms with Crippen molar-refractivity contribution in [1.29, 1.82) is 0 Å². The van der Waals surface area contributed by atoms with Gasteiger partial charge in [-0.15, -0.1) is 0 Å². The van der Waals surface area contributed by atoms with Crippen LogP contribution in [0.1, 0.15) is 31.1 Å². The maximum atomic E-state index is 13.7. The number of benzene rings is 1. The van der Waals surface area contributed by atoms with Gasteiger partial charge >= 0.3 is 5.97 Å². The second kappa shape index (κ2) is 6.88. The van der Waals surface area contributed by atoms with Crippen LogP contribution in [-0.4, -0.2) is 36.0 Å². The third-order valence-electron chi connectivity index (χ3n) is 2.71. The molecule has 2 N–H and O–H groups in total. The zero-order valence-electron chi connectivity index (χ0n) is 11.9. The van der Waals surface area contributed by atoms with Crippen molar-refractivity contribution in [2.75, 3.05) is 18.9 Å². The van der Waals surface area contributed by atoms with Crippen LogP contribution in [0.2, 0.25) is 0 Å². The molecule has 0 fully saturated rings. The van der Waals surface area contributed by atoms with Gasteiger partial charge in [0.25, 0.3) is 5.91 Å². The van der Waals surface area contributed by atoms with Crippen LogP contribution < -0.4 is 5.73 Å². The molecule has 6 heteroatoms. The lowest BCUT2D eigenvalue weighted by Crippen LogP contribution is -2.41. The molecule has 0 spiro atoms. The largest absolute Gasteiger partial charge is 0.465 e. The summed E-state index contributed by atoms with van der Waals surface area (Å²) >= 11 is 0. The molecule has 110 valence electrons. The third kappa shape index (κ3) is 3.94. The Balaban J connectivity index is 2.99. The first kappa shape index (κ1) is 15.9. The number of hydrogen-bond acceptors (Lipinski definition) is 4. The van der Waals surface area contributed by atoms with E-state index in [1.807, 2.05) is 0 Å². The maximum Gasteiger partial charge on any atom is 0.325 e. The van der Waals surface area contributed by atoms with Crippen LogP contribution in [0.25, 0.3) is 0 Å². The fraction of sp³-hybridized carbons (Fsp3) is 0.429. The van der Waals surface area contributed by atoms with Crippen molar-refractivity contribution < 1.29 is 18.7 Å². The van der Waals surface area contributed by atoms with E-state index < -0.39 is 17.7 Å². The van der Waals surface area contributed by atoms with Crippen molar-refractivity contribution in [3.8, 4) is 0 Å². The van der Waals surface area contributed by atoms with Gasteiger partial charge in [-0.05, 0) is 39.0 Å². The minimum Gasteiger partial charge on any atom is -0.465 e. The molecule has 5 nitrogen and oxygen atoms in total. The molecule has 0 heterocycles. The molecule has 0 aromatic heterocycles. The van der Waals surface area contributed by atoms with Gasteiger partial charge in [0.15, 0.2) is 0 Å². The fourth-order valence-electron chi connectivity index (χ4n) is 1.70. The Hall–Kier alpha value is -2.11. The van der Waals surface area contributed by atoms with Gasteiger partial charge in [0.1, 0.15) is 12.4 Å². The van der Waals surface area contributed by atoms with Crippen molar-refractivity contribution in [2.24, 2.45) is 0 Å². The number of anilines is 1. The summed E-state index contributed by atoms with van der Waals surface area (Å²) in [6, 6.07) is 3.49. The smallest absolute Gasteiger partial charge is 0.325 e. The summed E-state index contributed by atoms with van der Waals surface area (Å²) in [5.74, 6) is -1.78. The molecule has 0 aliphatic rings. The van der Waals surface area contributed by atoms with Gasteiger partial charge in [-0.2, -0.15) is 0 Å². The van der Waals surface area contributed by atoms with Crippen LogP contribution in [0.3, 0.4) is 0 Å². The summed E-state index contributed by atoms with van der Waals surface area (Å²) in [6.07, 6.45) is 0. The Kier molecular flexibility index (Phi) is 5.49. The Morgan fingerprint density at radius 1 is 1.40 bits per heavy atom. The molecule has 0 unspecified atom stereocenters. The van der Waals surface area contributed by atoms with Crippen LogP contribution in [0.15, 0.2) is 18.2 Å². The van der Waals surface area contributed by atoms with Gasteiger partial charge in [0.2, 0.25) is 0 Å². The molecule has 0 saturated heterocycles. The summed E-state index contributed by atoms with van der Waals surface area (Å²) in [5, 5.41) is 0. The van der Waals surface area contributed by atoms with E-state index in [0.29, 0.717) is 0 Å². The molecule has 1 amide bonds. The molecule has 0 radical (unpaired) electrons. The minimum absolute atomic E-state index is 0.150. The number of esters is 1. The summed E-state index contributed by atoms with van der Waals surface area (Å²) in [6.45, 7) is 5.16. The Morgan fingerprint density at radius 3 is 2.60 bits per heavy atom. The van der Waals surface area contributed by atoms with E-state index in [4.69, 9.17) is 10.5 Å². The van der Waals surface area contributed by atoms with Crippen molar-refractivity contribution in [3.05, 3.63) is 29.6 Å². The van der Waals surface area contributed by atoms with Crippen molar-refractivity contribution in [3.63, 3.8) is 0 Å². The summed E-state index contributed by atoms with van der Waals surface area (Å²) in [5.41, 5.74) is 5.70. The van der Waals surface area contributed by atoms with E-state index in [-0.39, 0.29) is 30.4 Å². The number of nitrogen functional groups attached to an aromatic ring is 1. The van der Waals surface area contributed by atoms with E-state index in [9.17, 15) is 14.0 Å². The lowest BCUT2D eigenvalue weighted by Gasteiger charge is -2.26. The number of hydrogen-bond donors (Lipinski definition) is 1. The van der Waals surface area contributed by atoms with Gasteiger partial charge in [0, 0.05) is 11.7 Å². The molecule has 0 bridgehead atoms. The molecule has 0 atom stereocenters. The van der Waals surface area contributed by atoms with Crippen molar-refractivity contribution >= 4 is 17.6 Å². The molecular weight excluding hydrogens is 263 g/mol. The molecule has 20 heavy (non-hydrogen) atoms. The lowest BCUT2D eigenvalue weighted by molar-refractivity contribution is -0.144. The molecule has 0 aliphatic carbocycles. The van der Waals surface area contributed by atoms with Crippen LogP contribution in [0.4, 0.5) is 10.1 Å². The number of rotatable bonds is 5. The zero-order valence-corrected chi connectivity index (χ0v) is 11.9.